The minimum atomic E-state index is -3.09. The number of rotatable bonds is 5. The van der Waals surface area contributed by atoms with Gasteiger partial charge in [-0.3, -0.25) is 9.59 Å². The Balaban J connectivity index is 1.54. The van der Waals surface area contributed by atoms with E-state index >= 15 is 0 Å². The molecule has 2 amide bonds. The number of aryl methyl sites for hydroxylation is 1. The zero-order valence-electron chi connectivity index (χ0n) is 15.8. The van der Waals surface area contributed by atoms with Crippen LogP contribution in [0.2, 0.25) is 0 Å². The molecule has 29 heavy (non-hydrogen) atoms. The highest BCUT2D eigenvalue weighted by atomic mass is 32.2. The Labute approximate surface area is 173 Å². The minimum absolute atomic E-state index is 0.0291. The molecule has 2 aliphatic rings. The van der Waals surface area contributed by atoms with Gasteiger partial charge in [-0.1, -0.05) is 0 Å². The molecular formula is C20H22N2O5S2. The molecule has 4 rings (SSSR count). The molecule has 1 aliphatic carbocycles. The maximum absolute atomic E-state index is 13.0. The van der Waals surface area contributed by atoms with Gasteiger partial charge in [-0.25, -0.2) is 8.42 Å². The second-order valence-corrected chi connectivity index (χ2v) is 10.7. The number of hydrogen-bond acceptors (Lipinski definition) is 6. The first kappa shape index (κ1) is 19.9. The van der Waals surface area contributed by atoms with E-state index in [1.807, 2.05) is 0 Å². The van der Waals surface area contributed by atoms with E-state index in [2.05, 4.69) is 10.6 Å². The summed E-state index contributed by atoms with van der Waals surface area (Å²) < 4.78 is 28.6. The minimum Gasteiger partial charge on any atom is -0.465 e. The number of amides is 2. The van der Waals surface area contributed by atoms with E-state index < -0.39 is 9.84 Å². The van der Waals surface area contributed by atoms with Crippen molar-refractivity contribution < 1.29 is 22.4 Å². The Bertz CT molecular complexity index is 1050. The van der Waals surface area contributed by atoms with Crippen LogP contribution in [0.3, 0.4) is 0 Å². The van der Waals surface area contributed by atoms with Crippen LogP contribution in [0.15, 0.2) is 28.9 Å². The Morgan fingerprint density at radius 3 is 2.79 bits per heavy atom. The van der Waals surface area contributed by atoms with Crippen LogP contribution >= 0.6 is 11.3 Å². The van der Waals surface area contributed by atoms with Gasteiger partial charge in [0.1, 0.15) is 10.8 Å². The Morgan fingerprint density at radius 2 is 2.07 bits per heavy atom. The molecule has 2 aromatic rings. The van der Waals surface area contributed by atoms with Crippen molar-refractivity contribution in [2.45, 2.75) is 38.1 Å². The monoisotopic (exact) mass is 434 g/mol. The molecule has 9 heteroatoms. The van der Waals surface area contributed by atoms with Gasteiger partial charge in [-0.15, -0.1) is 11.3 Å². The van der Waals surface area contributed by atoms with Crippen LogP contribution in [-0.4, -0.2) is 37.8 Å². The number of carbonyl (C=O) groups is 2. The fourth-order valence-corrected chi connectivity index (χ4v) is 6.72. The smallest absolute Gasteiger partial charge is 0.254 e. The molecular weight excluding hydrogens is 412 g/mol. The van der Waals surface area contributed by atoms with E-state index in [1.54, 1.807) is 18.2 Å². The van der Waals surface area contributed by atoms with E-state index in [0.717, 1.165) is 36.1 Å². The van der Waals surface area contributed by atoms with Crippen molar-refractivity contribution in [1.29, 1.82) is 0 Å². The number of furan rings is 1. The normalized spacial score (nSPS) is 20.5. The predicted octanol–water partition coefficient (Wildman–Crippen LogP) is 2.79. The summed E-state index contributed by atoms with van der Waals surface area (Å²) in [5.41, 5.74) is 1.46. The van der Waals surface area contributed by atoms with E-state index in [4.69, 9.17) is 4.42 Å². The van der Waals surface area contributed by atoms with Gasteiger partial charge in [-0.05, 0) is 55.9 Å². The number of nitrogens with one attached hydrogen (secondary N) is 2. The maximum atomic E-state index is 13.0. The molecule has 1 aliphatic heterocycles. The Morgan fingerprint density at radius 1 is 1.24 bits per heavy atom. The van der Waals surface area contributed by atoms with E-state index in [1.165, 1.54) is 23.7 Å². The number of anilines is 1. The first-order chi connectivity index (χ1) is 13.9. The molecule has 0 spiro atoms. The summed E-state index contributed by atoms with van der Waals surface area (Å²) in [4.78, 5) is 26.5. The fourth-order valence-electron chi connectivity index (χ4n) is 3.76. The average molecular weight is 435 g/mol. The van der Waals surface area contributed by atoms with Crippen LogP contribution in [0.25, 0.3) is 6.08 Å². The van der Waals surface area contributed by atoms with Gasteiger partial charge in [-0.2, -0.15) is 0 Å². The third-order valence-corrected chi connectivity index (χ3v) is 8.12. The van der Waals surface area contributed by atoms with Gasteiger partial charge in [0.15, 0.2) is 9.84 Å². The zero-order valence-corrected chi connectivity index (χ0v) is 17.4. The van der Waals surface area contributed by atoms with Crippen LogP contribution in [-0.2, 0) is 27.5 Å². The van der Waals surface area contributed by atoms with Crippen LogP contribution in [0, 0.1) is 0 Å². The lowest BCUT2D eigenvalue weighted by atomic mass is 9.95. The van der Waals surface area contributed by atoms with Crippen LogP contribution in [0.5, 0.6) is 0 Å². The van der Waals surface area contributed by atoms with E-state index in [0.29, 0.717) is 22.7 Å². The van der Waals surface area contributed by atoms with Gasteiger partial charge in [0.25, 0.3) is 5.91 Å². The second-order valence-electron chi connectivity index (χ2n) is 7.33. The lowest BCUT2D eigenvalue weighted by molar-refractivity contribution is -0.111. The molecule has 0 bridgehead atoms. The van der Waals surface area contributed by atoms with Crippen LogP contribution < -0.4 is 10.6 Å². The van der Waals surface area contributed by atoms with Gasteiger partial charge < -0.3 is 15.1 Å². The number of hydrogen-bond donors (Lipinski definition) is 2. The van der Waals surface area contributed by atoms with Gasteiger partial charge in [0, 0.05) is 17.0 Å². The topological polar surface area (TPSA) is 105 Å². The number of sulfone groups is 1. The van der Waals surface area contributed by atoms with Crippen LogP contribution in [0.4, 0.5) is 5.00 Å². The molecule has 2 N–H and O–H groups in total. The molecule has 1 fully saturated rings. The Kier molecular flexibility index (Phi) is 5.60. The lowest BCUT2D eigenvalue weighted by Gasteiger charge is -2.15. The molecule has 154 valence electrons. The highest BCUT2D eigenvalue weighted by Gasteiger charge is 2.32. The van der Waals surface area contributed by atoms with Crippen LogP contribution in [0.1, 0.15) is 45.8 Å². The van der Waals surface area contributed by atoms with Crippen molar-refractivity contribution in [2.75, 3.05) is 16.8 Å². The standard InChI is InChI=1S/C20H22N2O5S2/c23-17(8-7-14-4-3-10-27-14)22-20-18(15-5-1-2-6-16(15)28-20)19(24)21-13-9-11-29(25,26)12-13/h3-4,7-8,10,13H,1-2,5-6,9,11-12H2,(H,21,24)(H,22,23)/b8-7+/t13-/m0/s1. The zero-order chi connectivity index (χ0) is 20.4. The predicted molar refractivity (Wildman–Crippen MR) is 112 cm³/mol. The lowest BCUT2D eigenvalue weighted by Crippen LogP contribution is -2.36. The SMILES string of the molecule is O=C(/C=C/c1ccco1)Nc1sc2c(c1C(=O)N[C@H]1CCS(=O)(=O)C1)CCCC2. The molecule has 0 radical (unpaired) electrons. The van der Waals surface area contributed by atoms with Gasteiger partial charge in [0.2, 0.25) is 5.91 Å². The first-order valence-electron chi connectivity index (χ1n) is 9.60. The maximum Gasteiger partial charge on any atom is 0.254 e. The van der Waals surface area contributed by atoms with Crippen molar-refractivity contribution in [3.05, 3.63) is 46.2 Å². The summed E-state index contributed by atoms with van der Waals surface area (Å²) in [7, 11) is -3.09. The molecule has 2 aromatic heterocycles. The summed E-state index contributed by atoms with van der Waals surface area (Å²) >= 11 is 1.43. The van der Waals surface area contributed by atoms with Gasteiger partial charge >= 0.3 is 0 Å². The molecule has 0 aromatic carbocycles. The quantitative estimate of drug-likeness (QED) is 0.704. The summed E-state index contributed by atoms with van der Waals surface area (Å²) in [5, 5.41) is 6.20. The largest absolute Gasteiger partial charge is 0.465 e. The highest BCUT2D eigenvalue weighted by molar-refractivity contribution is 7.91. The van der Waals surface area contributed by atoms with Crippen molar-refractivity contribution in [2.24, 2.45) is 0 Å². The summed E-state index contributed by atoms with van der Waals surface area (Å²) in [6, 6.07) is 3.09. The average Bonchev–Trinajstić information content (AvgIpc) is 3.38. The van der Waals surface area contributed by atoms with Crippen molar-refractivity contribution in [3.8, 4) is 0 Å². The molecule has 1 atom stereocenters. The molecule has 3 heterocycles. The molecule has 1 saturated heterocycles. The number of thiophene rings is 1. The summed E-state index contributed by atoms with van der Waals surface area (Å²) in [5.74, 6) is -0.0280. The van der Waals surface area contributed by atoms with Crippen molar-refractivity contribution >= 4 is 44.1 Å². The number of carbonyl (C=O) groups excluding carboxylic acids is 2. The summed E-state index contributed by atoms with van der Waals surface area (Å²) in [6.45, 7) is 0. The van der Waals surface area contributed by atoms with E-state index in [-0.39, 0.29) is 29.4 Å². The second kappa shape index (κ2) is 8.16. The molecule has 0 unspecified atom stereocenters. The van der Waals surface area contributed by atoms with Gasteiger partial charge in [0.05, 0.1) is 23.3 Å². The molecule has 0 saturated carbocycles. The third-order valence-electron chi connectivity index (χ3n) is 5.14. The van der Waals surface area contributed by atoms with Crippen molar-refractivity contribution in [1.82, 2.24) is 5.32 Å². The van der Waals surface area contributed by atoms with Crippen molar-refractivity contribution in [3.63, 3.8) is 0 Å². The number of fused-ring (bicyclic) bond motifs is 1. The Hall–Kier alpha value is -2.39. The third kappa shape index (κ3) is 4.62. The summed E-state index contributed by atoms with van der Waals surface area (Å²) in [6.07, 6.45) is 8.60. The van der Waals surface area contributed by atoms with E-state index in [9.17, 15) is 18.0 Å². The fraction of sp³-hybridized carbons (Fsp3) is 0.400. The first-order valence-corrected chi connectivity index (χ1v) is 12.2. The highest BCUT2D eigenvalue weighted by Crippen LogP contribution is 2.38. The molecule has 7 nitrogen and oxygen atoms in total.